The molecule has 0 radical (unpaired) electrons. The number of fused-ring (bicyclic) bond motifs is 1. The lowest BCUT2D eigenvalue weighted by atomic mass is 10.0. The summed E-state index contributed by atoms with van der Waals surface area (Å²) in [6.07, 6.45) is 0.507. The van der Waals surface area contributed by atoms with Crippen LogP contribution < -0.4 is 15.4 Å². The van der Waals surface area contributed by atoms with E-state index in [-0.39, 0.29) is 29.5 Å². The molecule has 11 heteroatoms. The number of primary sulfonamides is 1. The van der Waals surface area contributed by atoms with Crippen LogP contribution in [0.25, 0.3) is 0 Å². The van der Waals surface area contributed by atoms with Crippen molar-refractivity contribution < 1.29 is 22.9 Å². The van der Waals surface area contributed by atoms with Crippen molar-refractivity contribution in [2.24, 2.45) is 5.14 Å². The topological polar surface area (TPSA) is 153 Å². The first-order chi connectivity index (χ1) is 13.1. The number of anilines is 2. The zero-order valence-electron chi connectivity index (χ0n) is 14.5. The first kappa shape index (κ1) is 19.5. The van der Waals surface area contributed by atoms with E-state index in [1.165, 1.54) is 47.4 Å². The zero-order chi connectivity index (χ0) is 20.5. The minimum Gasteiger partial charge on any atom is -0.325 e. The predicted molar refractivity (Wildman–Crippen MR) is 100 cm³/mol. The van der Waals surface area contributed by atoms with Crippen molar-refractivity contribution in [2.75, 3.05) is 16.8 Å². The quantitative estimate of drug-likeness (QED) is 0.563. The number of non-ortho nitro benzene ring substituents is 1. The van der Waals surface area contributed by atoms with Gasteiger partial charge in [0, 0.05) is 29.9 Å². The highest BCUT2D eigenvalue weighted by atomic mass is 32.2. The maximum absolute atomic E-state index is 12.3. The second-order valence-electron chi connectivity index (χ2n) is 6.17. The molecule has 28 heavy (non-hydrogen) atoms. The van der Waals surface area contributed by atoms with Gasteiger partial charge in [0.2, 0.25) is 21.8 Å². The van der Waals surface area contributed by atoms with Gasteiger partial charge in [-0.1, -0.05) is 0 Å². The largest absolute Gasteiger partial charge is 0.325 e. The average molecular weight is 404 g/mol. The molecule has 0 aliphatic carbocycles. The molecular formula is C17H16N4O6S. The molecule has 0 unspecified atom stereocenters. The number of nitrogens with one attached hydrogen (secondary N) is 1. The molecule has 0 atom stereocenters. The molecule has 0 saturated heterocycles. The summed E-state index contributed by atoms with van der Waals surface area (Å²) < 4.78 is 22.5. The number of hydrogen-bond acceptors (Lipinski definition) is 6. The number of carbonyl (C=O) groups excluding carboxylic acids is 2. The number of nitro groups is 1. The summed E-state index contributed by atoms with van der Waals surface area (Å²) in [6.45, 7) is -0.277. The minimum absolute atomic E-state index is 0.0764. The van der Waals surface area contributed by atoms with E-state index in [1.54, 1.807) is 0 Å². The van der Waals surface area contributed by atoms with Crippen LogP contribution in [0.1, 0.15) is 12.0 Å². The molecule has 2 aromatic rings. The van der Waals surface area contributed by atoms with Crippen LogP contribution in [0.3, 0.4) is 0 Å². The molecule has 10 nitrogen and oxygen atoms in total. The lowest BCUT2D eigenvalue weighted by Crippen LogP contribution is -2.40. The average Bonchev–Trinajstić information content (AvgIpc) is 2.63. The molecular weight excluding hydrogens is 388 g/mol. The second kappa shape index (κ2) is 7.37. The highest BCUT2D eigenvalue weighted by Gasteiger charge is 2.27. The summed E-state index contributed by atoms with van der Waals surface area (Å²) in [6, 6.07) is 9.42. The molecule has 3 rings (SSSR count). The number of sulfonamides is 1. The first-order valence-electron chi connectivity index (χ1n) is 8.15. The van der Waals surface area contributed by atoms with E-state index >= 15 is 0 Å². The molecule has 1 heterocycles. The van der Waals surface area contributed by atoms with E-state index in [0.717, 1.165) is 0 Å². The van der Waals surface area contributed by atoms with Crippen LogP contribution in [-0.4, -0.2) is 31.7 Å². The van der Waals surface area contributed by atoms with Gasteiger partial charge in [0.05, 0.1) is 9.82 Å². The molecule has 2 amide bonds. The summed E-state index contributed by atoms with van der Waals surface area (Å²) in [5.74, 6) is -0.760. The molecule has 1 aliphatic heterocycles. The number of nitrogens with zero attached hydrogens (tertiary/aromatic N) is 2. The summed E-state index contributed by atoms with van der Waals surface area (Å²) in [5, 5.41) is 18.5. The van der Waals surface area contributed by atoms with Gasteiger partial charge in [-0.3, -0.25) is 19.7 Å². The van der Waals surface area contributed by atoms with Gasteiger partial charge >= 0.3 is 0 Å². The van der Waals surface area contributed by atoms with E-state index in [9.17, 15) is 28.1 Å². The molecule has 1 aliphatic rings. The predicted octanol–water partition coefficient (Wildman–Crippen LogP) is 1.16. The Bertz CT molecular complexity index is 1070. The van der Waals surface area contributed by atoms with Crippen molar-refractivity contribution in [2.45, 2.75) is 17.7 Å². The summed E-state index contributed by atoms with van der Waals surface area (Å²) in [7, 11) is -3.83. The van der Waals surface area contributed by atoms with Crippen LogP contribution in [0.5, 0.6) is 0 Å². The molecule has 2 aromatic carbocycles. The lowest BCUT2D eigenvalue weighted by Gasteiger charge is -2.28. The van der Waals surface area contributed by atoms with E-state index in [2.05, 4.69) is 5.32 Å². The Hall–Kier alpha value is -3.31. The van der Waals surface area contributed by atoms with E-state index in [0.29, 0.717) is 23.4 Å². The van der Waals surface area contributed by atoms with Crippen LogP contribution >= 0.6 is 0 Å². The zero-order valence-corrected chi connectivity index (χ0v) is 15.3. The standard InChI is InChI=1S/C17H16N4O6S/c18-28(26,27)14-5-2-12(3-6-14)19-16(22)10-20-15-7-4-13(21(24)25)9-11(15)1-8-17(20)23/h2-7,9H,1,8,10H2,(H,19,22)(H2,18,26,27). The Morgan fingerprint density at radius 3 is 2.46 bits per heavy atom. The fourth-order valence-electron chi connectivity index (χ4n) is 2.91. The number of carbonyl (C=O) groups is 2. The van der Waals surface area contributed by atoms with Gasteiger partial charge in [0.25, 0.3) is 5.69 Å². The fourth-order valence-corrected chi connectivity index (χ4v) is 3.42. The van der Waals surface area contributed by atoms with Gasteiger partial charge in [-0.15, -0.1) is 0 Å². The molecule has 0 saturated carbocycles. The van der Waals surface area contributed by atoms with Crippen molar-refractivity contribution in [3.05, 3.63) is 58.1 Å². The van der Waals surface area contributed by atoms with Crippen molar-refractivity contribution in [3.8, 4) is 0 Å². The Morgan fingerprint density at radius 1 is 1.18 bits per heavy atom. The second-order valence-corrected chi connectivity index (χ2v) is 7.73. The summed E-state index contributed by atoms with van der Waals surface area (Å²) >= 11 is 0. The Morgan fingerprint density at radius 2 is 1.86 bits per heavy atom. The highest BCUT2D eigenvalue weighted by molar-refractivity contribution is 7.89. The SMILES string of the molecule is NS(=O)(=O)c1ccc(NC(=O)CN2C(=O)CCc3cc([N+](=O)[O-])ccc32)cc1. The van der Waals surface area contributed by atoms with Crippen molar-refractivity contribution in [1.82, 2.24) is 0 Å². The maximum Gasteiger partial charge on any atom is 0.269 e. The van der Waals surface area contributed by atoms with Crippen LogP contribution in [0.15, 0.2) is 47.4 Å². The van der Waals surface area contributed by atoms with E-state index in [4.69, 9.17) is 5.14 Å². The Balaban J connectivity index is 1.75. The third kappa shape index (κ3) is 4.15. The van der Waals surface area contributed by atoms with Crippen molar-refractivity contribution in [1.29, 1.82) is 0 Å². The fraction of sp³-hybridized carbons (Fsp3) is 0.176. The third-order valence-electron chi connectivity index (χ3n) is 4.24. The Labute approximate surface area is 160 Å². The highest BCUT2D eigenvalue weighted by Crippen LogP contribution is 2.31. The number of rotatable bonds is 5. The van der Waals surface area contributed by atoms with Crippen LogP contribution in [-0.2, 0) is 26.0 Å². The van der Waals surface area contributed by atoms with Crippen LogP contribution in [0.2, 0.25) is 0 Å². The number of benzene rings is 2. The van der Waals surface area contributed by atoms with E-state index in [1.807, 2.05) is 0 Å². The van der Waals surface area contributed by atoms with Gasteiger partial charge in [0.1, 0.15) is 6.54 Å². The van der Waals surface area contributed by atoms with E-state index < -0.39 is 20.9 Å². The van der Waals surface area contributed by atoms with Gasteiger partial charge in [-0.25, -0.2) is 13.6 Å². The molecule has 0 aromatic heterocycles. The first-order valence-corrected chi connectivity index (χ1v) is 9.70. The Kier molecular flexibility index (Phi) is 5.12. The number of amides is 2. The van der Waals surface area contributed by atoms with Gasteiger partial charge in [0.15, 0.2) is 0 Å². The number of nitrogens with two attached hydrogens (primary N) is 1. The number of nitro benzene ring substituents is 1. The maximum atomic E-state index is 12.3. The summed E-state index contributed by atoms with van der Waals surface area (Å²) in [5.41, 5.74) is 1.35. The number of hydrogen-bond donors (Lipinski definition) is 2. The minimum atomic E-state index is -3.83. The molecule has 146 valence electrons. The van der Waals surface area contributed by atoms with Gasteiger partial charge in [-0.05, 0) is 42.3 Å². The van der Waals surface area contributed by atoms with Crippen molar-refractivity contribution >= 4 is 38.9 Å². The lowest BCUT2D eigenvalue weighted by molar-refractivity contribution is -0.384. The third-order valence-corrected chi connectivity index (χ3v) is 5.17. The van der Waals surface area contributed by atoms with Gasteiger partial charge < -0.3 is 10.2 Å². The number of aryl methyl sites for hydroxylation is 1. The normalized spacial score (nSPS) is 13.8. The molecule has 0 bridgehead atoms. The molecule has 3 N–H and O–H groups in total. The monoisotopic (exact) mass is 404 g/mol. The van der Waals surface area contributed by atoms with Gasteiger partial charge in [-0.2, -0.15) is 0 Å². The van der Waals surface area contributed by atoms with Crippen molar-refractivity contribution in [3.63, 3.8) is 0 Å². The molecule has 0 fully saturated rings. The smallest absolute Gasteiger partial charge is 0.269 e. The van der Waals surface area contributed by atoms with Crippen LogP contribution in [0, 0.1) is 10.1 Å². The van der Waals surface area contributed by atoms with Crippen LogP contribution in [0.4, 0.5) is 17.1 Å². The summed E-state index contributed by atoms with van der Waals surface area (Å²) in [4.78, 5) is 36.2. The molecule has 0 spiro atoms.